The van der Waals surface area contributed by atoms with Gasteiger partial charge < -0.3 is 5.32 Å². The van der Waals surface area contributed by atoms with Crippen molar-refractivity contribution in [1.82, 2.24) is 15.0 Å². The molecule has 1 N–H and O–H groups in total. The first-order valence-corrected chi connectivity index (χ1v) is 7.23. The van der Waals surface area contributed by atoms with Crippen LogP contribution >= 0.6 is 0 Å². The summed E-state index contributed by atoms with van der Waals surface area (Å²) in [5, 5.41) is 3.56. The summed E-state index contributed by atoms with van der Waals surface area (Å²) in [6.45, 7) is 4.32. The summed E-state index contributed by atoms with van der Waals surface area (Å²) in [6.07, 6.45) is 7.31. The molecule has 2 unspecified atom stereocenters. The van der Waals surface area contributed by atoms with Gasteiger partial charge in [0.1, 0.15) is 5.82 Å². The van der Waals surface area contributed by atoms with Gasteiger partial charge in [0.15, 0.2) is 5.82 Å². The van der Waals surface area contributed by atoms with Crippen LogP contribution in [-0.4, -0.2) is 21.0 Å². The fraction of sp³-hybridized carbons (Fsp3) is 0.438. The highest BCUT2D eigenvalue weighted by atomic mass is 15.1. The molecular formula is C16H20N4. The molecule has 0 saturated heterocycles. The minimum atomic E-state index is 0.546. The van der Waals surface area contributed by atoms with E-state index in [-0.39, 0.29) is 0 Å². The van der Waals surface area contributed by atoms with Crippen LogP contribution in [-0.2, 0) is 0 Å². The number of pyridine rings is 1. The minimum absolute atomic E-state index is 0.546. The van der Waals surface area contributed by atoms with Crippen molar-refractivity contribution in [1.29, 1.82) is 0 Å². The molecule has 4 heteroatoms. The summed E-state index contributed by atoms with van der Waals surface area (Å²) in [5.74, 6) is 2.51. The number of rotatable bonds is 3. The van der Waals surface area contributed by atoms with Gasteiger partial charge >= 0.3 is 0 Å². The van der Waals surface area contributed by atoms with Crippen molar-refractivity contribution >= 4 is 5.82 Å². The maximum Gasteiger partial charge on any atom is 0.161 e. The van der Waals surface area contributed by atoms with Gasteiger partial charge in [-0.2, -0.15) is 0 Å². The lowest BCUT2D eigenvalue weighted by Gasteiger charge is -2.14. The minimum Gasteiger partial charge on any atom is -0.367 e. The molecule has 2 aromatic rings. The average Bonchev–Trinajstić information content (AvgIpc) is 2.84. The first-order valence-electron chi connectivity index (χ1n) is 7.23. The van der Waals surface area contributed by atoms with Crippen LogP contribution in [0, 0.1) is 12.8 Å². The molecule has 4 nitrogen and oxygen atoms in total. The predicted molar refractivity (Wildman–Crippen MR) is 80.4 cm³/mol. The second-order valence-electron chi connectivity index (χ2n) is 5.71. The fourth-order valence-electron chi connectivity index (χ4n) is 2.82. The van der Waals surface area contributed by atoms with E-state index in [9.17, 15) is 0 Å². The molecule has 1 saturated carbocycles. The van der Waals surface area contributed by atoms with E-state index in [1.807, 2.05) is 25.1 Å². The maximum atomic E-state index is 4.64. The second-order valence-corrected chi connectivity index (χ2v) is 5.71. The molecule has 1 aliphatic carbocycles. The molecular weight excluding hydrogens is 248 g/mol. The Hall–Kier alpha value is -1.97. The Morgan fingerprint density at radius 3 is 2.65 bits per heavy atom. The highest BCUT2D eigenvalue weighted by Gasteiger charge is 2.21. The van der Waals surface area contributed by atoms with Crippen LogP contribution in [0.5, 0.6) is 0 Å². The topological polar surface area (TPSA) is 50.7 Å². The number of nitrogens with zero attached hydrogens (tertiary/aromatic N) is 3. The molecule has 104 valence electrons. The van der Waals surface area contributed by atoms with Gasteiger partial charge in [0.25, 0.3) is 0 Å². The van der Waals surface area contributed by atoms with Crippen molar-refractivity contribution in [3.05, 3.63) is 36.3 Å². The quantitative estimate of drug-likeness (QED) is 0.926. The van der Waals surface area contributed by atoms with E-state index in [0.29, 0.717) is 6.04 Å². The van der Waals surface area contributed by atoms with Gasteiger partial charge in [-0.1, -0.05) is 6.92 Å². The molecule has 20 heavy (non-hydrogen) atoms. The lowest BCUT2D eigenvalue weighted by Crippen LogP contribution is -2.16. The Morgan fingerprint density at radius 2 is 1.95 bits per heavy atom. The van der Waals surface area contributed by atoms with Crippen LogP contribution in [0.15, 0.2) is 30.6 Å². The second kappa shape index (κ2) is 5.57. The number of hydrogen-bond donors (Lipinski definition) is 1. The van der Waals surface area contributed by atoms with Crippen molar-refractivity contribution < 1.29 is 0 Å². The monoisotopic (exact) mass is 268 g/mol. The van der Waals surface area contributed by atoms with Crippen LogP contribution < -0.4 is 5.32 Å². The Morgan fingerprint density at radius 1 is 1.15 bits per heavy atom. The molecule has 0 bridgehead atoms. The van der Waals surface area contributed by atoms with Crippen LogP contribution in [0.1, 0.15) is 31.9 Å². The largest absolute Gasteiger partial charge is 0.367 e. The Labute approximate surface area is 119 Å². The molecule has 1 aliphatic rings. The Kier molecular flexibility index (Phi) is 3.63. The summed E-state index contributed by atoms with van der Waals surface area (Å²) in [4.78, 5) is 13.2. The number of aromatic nitrogens is 3. The van der Waals surface area contributed by atoms with Crippen molar-refractivity contribution in [2.45, 2.75) is 39.2 Å². The molecule has 0 aromatic carbocycles. The van der Waals surface area contributed by atoms with Gasteiger partial charge in [-0.3, -0.25) is 4.98 Å². The standard InChI is InChI=1S/C16H20N4/c1-11-3-4-14(9-11)19-15-10-12(2)18-16(20-15)13-5-7-17-8-6-13/h5-8,10-11,14H,3-4,9H2,1-2H3,(H,18,19,20). The summed E-state index contributed by atoms with van der Waals surface area (Å²) in [5.41, 5.74) is 1.99. The van der Waals surface area contributed by atoms with Crippen LogP contribution in [0.4, 0.5) is 5.82 Å². The average molecular weight is 268 g/mol. The third kappa shape index (κ3) is 2.95. The molecule has 0 spiro atoms. The summed E-state index contributed by atoms with van der Waals surface area (Å²) >= 11 is 0. The molecule has 2 heterocycles. The van der Waals surface area contributed by atoms with E-state index in [2.05, 4.69) is 27.2 Å². The highest BCUT2D eigenvalue weighted by molar-refractivity contribution is 5.56. The van der Waals surface area contributed by atoms with E-state index in [1.165, 1.54) is 19.3 Å². The zero-order valence-corrected chi connectivity index (χ0v) is 12.0. The first kappa shape index (κ1) is 13.0. The molecule has 0 amide bonds. The van der Waals surface area contributed by atoms with Gasteiger partial charge in [0.2, 0.25) is 0 Å². The van der Waals surface area contributed by atoms with Crippen molar-refractivity contribution in [2.75, 3.05) is 5.32 Å². The first-order chi connectivity index (χ1) is 9.70. The zero-order valence-electron chi connectivity index (χ0n) is 12.0. The van der Waals surface area contributed by atoms with Crippen molar-refractivity contribution in [2.24, 2.45) is 5.92 Å². The number of hydrogen-bond acceptors (Lipinski definition) is 4. The fourth-order valence-corrected chi connectivity index (χ4v) is 2.82. The molecule has 1 fully saturated rings. The number of aryl methyl sites for hydroxylation is 1. The van der Waals surface area contributed by atoms with Crippen LogP contribution in [0.3, 0.4) is 0 Å². The zero-order chi connectivity index (χ0) is 13.9. The molecule has 3 rings (SSSR count). The molecule has 2 aromatic heterocycles. The Balaban J connectivity index is 1.83. The van der Waals surface area contributed by atoms with Gasteiger partial charge in [0.05, 0.1) is 0 Å². The summed E-state index contributed by atoms with van der Waals surface area (Å²) in [7, 11) is 0. The SMILES string of the molecule is Cc1cc(NC2CCC(C)C2)nc(-c2ccncc2)n1. The maximum absolute atomic E-state index is 4.64. The highest BCUT2D eigenvalue weighted by Crippen LogP contribution is 2.27. The van der Waals surface area contributed by atoms with E-state index in [4.69, 9.17) is 0 Å². The van der Waals surface area contributed by atoms with Crippen molar-refractivity contribution in [3.63, 3.8) is 0 Å². The molecule has 2 atom stereocenters. The van der Waals surface area contributed by atoms with E-state index < -0.39 is 0 Å². The van der Waals surface area contributed by atoms with Crippen molar-refractivity contribution in [3.8, 4) is 11.4 Å². The summed E-state index contributed by atoms with van der Waals surface area (Å²) in [6, 6.07) is 6.45. The molecule has 0 aliphatic heterocycles. The third-order valence-corrected chi connectivity index (χ3v) is 3.84. The van der Waals surface area contributed by atoms with E-state index in [0.717, 1.165) is 28.8 Å². The summed E-state index contributed by atoms with van der Waals surface area (Å²) < 4.78 is 0. The van der Waals surface area contributed by atoms with Gasteiger partial charge in [0, 0.05) is 35.8 Å². The van der Waals surface area contributed by atoms with Crippen LogP contribution in [0.2, 0.25) is 0 Å². The Bertz CT molecular complexity index is 582. The smallest absolute Gasteiger partial charge is 0.161 e. The predicted octanol–water partition coefficient (Wildman–Crippen LogP) is 3.45. The van der Waals surface area contributed by atoms with Crippen LogP contribution in [0.25, 0.3) is 11.4 Å². The van der Waals surface area contributed by atoms with Gasteiger partial charge in [-0.05, 0) is 44.2 Å². The number of nitrogens with one attached hydrogen (secondary N) is 1. The van der Waals surface area contributed by atoms with E-state index >= 15 is 0 Å². The van der Waals surface area contributed by atoms with E-state index in [1.54, 1.807) is 12.4 Å². The lowest BCUT2D eigenvalue weighted by atomic mass is 10.1. The normalized spacial score (nSPS) is 21.9. The number of anilines is 1. The van der Waals surface area contributed by atoms with Gasteiger partial charge in [-0.25, -0.2) is 9.97 Å². The van der Waals surface area contributed by atoms with Gasteiger partial charge in [-0.15, -0.1) is 0 Å². The molecule has 0 radical (unpaired) electrons. The third-order valence-electron chi connectivity index (χ3n) is 3.84. The lowest BCUT2D eigenvalue weighted by molar-refractivity contribution is 0.602.